The van der Waals surface area contributed by atoms with Crippen molar-refractivity contribution in [3.63, 3.8) is 0 Å². The van der Waals surface area contributed by atoms with Gasteiger partial charge in [0.2, 0.25) is 5.95 Å². The van der Waals surface area contributed by atoms with Crippen molar-refractivity contribution < 1.29 is 21.9 Å². The number of hydrogen-bond donors (Lipinski definition) is 4. The molecule has 1 saturated carbocycles. The normalized spacial score (nSPS) is 23.7. The van der Waals surface area contributed by atoms with Gasteiger partial charge in [0, 0.05) is 31.7 Å². The number of anilines is 2. The lowest BCUT2D eigenvalue weighted by Gasteiger charge is -2.38. The van der Waals surface area contributed by atoms with Gasteiger partial charge >= 0.3 is 0 Å². The summed E-state index contributed by atoms with van der Waals surface area (Å²) in [4.78, 5) is 11.6. The first-order valence-electron chi connectivity index (χ1n) is 14.4. The molecule has 5 rings (SSSR count). The van der Waals surface area contributed by atoms with Crippen LogP contribution in [0.5, 0.6) is 0 Å². The Labute approximate surface area is 255 Å². The maximum atomic E-state index is 15.1. The Balaban J connectivity index is 1.29. The monoisotopic (exact) mass is 623 g/mol. The van der Waals surface area contributed by atoms with Gasteiger partial charge in [-0.25, -0.2) is 22.2 Å². The summed E-state index contributed by atoms with van der Waals surface area (Å²) >= 11 is 0. The van der Waals surface area contributed by atoms with Crippen molar-refractivity contribution in [3.8, 4) is 6.07 Å². The number of nitrogens with one attached hydrogen (secondary N) is 3. The first-order valence-corrected chi connectivity index (χ1v) is 16.3. The maximum absolute atomic E-state index is 15.1. The zero-order chi connectivity index (χ0) is 31.6. The zero-order valence-electron chi connectivity index (χ0n) is 24.5. The molecule has 2 fully saturated rings. The molecule has 2 aliphatic rings. The highest BCUT2D eigenvalue weighted by atomic mass is 32.2. The molecule has 2 aromatic heterocycles. The molecule has 0 radical (unpaired) electrons. The third-order valence-electron chi connectivity index (χ3n) is 8.69. The molecular weight excluding hydrogens is 588 g/mol. The number of rotatable bonds is 8. The van der Waals surface area contributed by atoms with E-state index in [-0.39, 0.29) is 23.1 Å². The Morgan fingerprint density at radius 2 is 1.95 bits per heavy atom. The van der Waals surface area contributed by atoms with Crippen LogP contribution in [0.4, 0.5) is 20.4 Å². The highest BCUT2D eigenvalue weighted by molar-refractivity contribution is 7.91. The number of nitrogens with zero attached hydrogens (tertiary/aromatic N) is 3. The zero-order valence-corrected chi connectivity index (χ0v) is 25.3. The molecule has 0 spiro atoms. The molecule has 0 unspecified atom stereocenters. The van der Waals surface area contributed by atoms with E-state index in [0.717, 1.165) is 17.7 Å². The molecular formula is C31H35F2N7O3S. The largest absolute Gasteiger partial charge is 0.381 e. The summed E-state index contributed by atoms with van der Waals surface area (Å²) in [5, 5.41) is 20.7. The van der Waals surface area contributed by atoms with Crippen LogP contribution in [0.3, 0.4) is 0 Å². The fourth-order valence-corrected chi connectivity index (χ4v) is 8.28. The Morgan fingerprint density at radius 1 is 1.25 bits per heavy atom. The predicted octanol–water partition coefficient (Wildman–Crippen LogP) is 4.73. The van der Waals surface area contributed by atoms with E-state index >= 15 is 8.78 Å². The van der Waals surface area contributed by atoms with Gasteiger partial charge in [-0.05, 0) is 79.0 Å². The second-order valence-electron chi connectivity index (χ2n) is 11.7. The Kier molecular flexibility index (Phi) is 8.97. The number of ether oxygens (including phenoxy) is 1. The van der Waals surface area contributed by atoms with Crippen LogP contribution in [0.15, 0.2) is 42.9 Å². The Hall–Kier alpha value is -3.99. The average molecular weight is 624 g/mol. The summed E-state index contributed by atoms with van der Waals surface area (Å²) in [6.07, 6.45) is 10.7. The maximum Gasteiger partial charge on any atom is 0.205 e. The summed E-state index contributed by atoms with van der Waals surface area (Å²) in [6, 6.07) is 5.88. The number of aromatic nitrogens is 3. The van der Waals surface area contributed by atoms with E-state index in [0.29, 0.717) is 56.2 Å². The minimum atomic E-state index is -3.28. The highest BCUT2D eigenvalue weighted by Crippen LogP contribution is 2.41. The van der Waals surface area contributed by atoms with Gasteiger partial charge in [-0.2, -0.15) is 5.26 Å². The van der Waals surface area contributed by atoms with Gasteiger partial charge in [0.25, 0.3) is 0 Å². The number of nitrogens with two attached hydrogens (primary N) is 1. The van der Waals surface area contributed by atoms with Gasteiger partial charge in [0.05, 0.1) is 51.8 Å². The van der Waals surface area contributed by atoms with Crippen molar-refractivity contribution in [1.82, 2.24) is 15.0 Å². The third-order valence-corrected chi connectivity index (χ3v) is 10.5. The number of benzene rings is 1. The Morgan fingerprint density at radius 3 is 2.59 bits per heavy atom. The van der Waals surface area contributed by atoms with Crippen molar-refractivity contribution >= 4 is 33.3 Å². The number of imidazole rings is 1. The molecule has 5 N–H and O–H groups in total. The van der Waals surface area contributed by atoms with E-state index in [1.54, 1.807) is 12.4 Å². The van der Waals surface area contributed by atoms with E-state index < -0.39 is 43.7 Å². The first-order chi connectivity index (χ1) is 20.9. The van der Waals surface area contributed by atoms with Crippen molar-refractivity contribution in [2.75, 3.05) is 24.8 Å². The van der Waals surface area contributed by atoms with Gasteiger partial charge in [-0.15, -0.1) is 0 Å². The van der Waals surface area contributed by atoms with Crippen molar-refractivity contribution in [2.24, 2.45) is 11.7 Å². The minimum absolute atomic E-state index is 0.0176. The van der Waals surface area contributed by atoms with Crippen LogP contribution in [-0.4, -0.2) is 59.8 Å². The lowest BCUT2D eigenvalue weighted by Crippen LogP contribution is -2.48. The number of allylic oxidation sites excluding steroid dienone is 1. The number of halogens is 2. The Bertz CT molecular complexity index is 1690. The summed E-state index contributed by atoms with van der Waals surface area (Å²) in [5.41, 5.74) is 6.82. The molecule has 0 bridgehead atoms. The second-order valence-corrected chi connectivity index (χ2v) is 14.0. The van der Waals surface area contributed by atoms with Crippen LogP contribution >= 0.6 is 0 Å². The number of hydrogen-bond acceptors (Lipinski definition) is 9. The summed E-state index contributed by atoms with van der Waals surface area (Å²) in [6.45, 7) is 2.58. The quantitative estimate of drug-likeness (QED) is 0.261. The topological polar surface area (TPSA) is 171 Å². The number of pyridine rings is 1. The molecule has 10 nitrogen and oxygen atoms in total. The van der Waals surface area contributed by atoms with Crippen LogP contribution in [0.25, 0.3) is 6.08 Å². The fourth-order valence-electron chi connectivity index (χ4n) is 6.58. The van der Waals surface area contributed by atoms with E-state index in [1.807, 2.05) is 13.0 Å². The number of aromatic amines is 1. The van der Waals surface area contributed by atoms with E-state index in [9.17, 15) is 13.7 Å². The van der Waals surface area contributed by atoms with Gasteiger partial charge in [0.1, 0.15) is 11.6 Å². The second kappa shape index (κ2) is 12.6. The molecule has 44 heavy (non-hydrogen) atoms. The predicted molar refractivity (Wildman–Crippen MR) is 163 cm³/mol. The van der Waals surface area contributed by atoms with E-state index in [1.165, 1.54) is 24.6 Å². The van der Waals surface area contributed by atoms with Gasteiger partial charge in [-0.3, -0.25) is 4.98 Å². The van der Waals surface area contributed by atoms with Crippen LogP contribution in [-0.2, 0) is 20.0 Å². The lowest BCUT2D eigenvalue weighted by molar-refractivity contribution is 0.0673. The minimum Gasteiger partial charge on any atom is -0.381 e. The van der Waals surface area contributed by atoms with Gasteiger partial charge in [0.15, 0.2) is 9.84 Å². The molecule has 1 saturated heterocycles. The molecule has 4 atom stereocenters. The standard InChI is InChI=1S/C31H35F2N7O3S/c1-18-11-19(12-26(36)29(18)44(2,41)42)22-5-8-37-16-27(22)40-30-38-15-21(39-30)3-4-25(35)28-23(32)13-20(14-24(28)33)31(17-34)6-9-43-10-7-31/h3-5,8,13-16,18-19,26,29,35H,6-7,9-12,36H2,1-2H3,(H2,38,39,40)/b4-3-,35-25?/t18-,19+,26+,29-/m0/s1. The molecule has 1 aromatic carbocycles. The molecule has 0 amide bonds. The average Bonchev–Trinajstić information content (AvgIpc) is 3.42. The van der Waals surface area contributed by atoms with Crippen molar-refractivity contribution in [1.29, 1.82) is 10.7 Å². The molecule has 3 aromatic rings. The molecule has 3 heterocycles. The van der Waals surface area contributed by atoms with Gasteiger partial charge < -0.3 is 26.2 Å². The third kappa shape index (κ3) is 6.43. The van der Waals surface area contributed by atoms with E-state index in [4.69, 9.17) is 15.9 Å². The SMILES string of the molecule is C[C@H]1C[C@@H](c2ccncc2Nc2ncc(/C=C\C(=N)c3c(F)cc(C4(C#N)CCOCC4)cc3F)[nH]2)C[C@@H](N)[C@H]1S(C)(=O)=O. The van der Waals surface area contributed by atoms with Crippen molar-refractivity contribution in [2.45, 2.75) is 55.2 Å². The molecule has 13 heteroatoms. The number of nitriles is 1. The molecule has 1 aliphatic heterocycles. The van der Waals surface area contributed by atoms with Crippen LogP contribution in [0.1, 0.15) is 60.9 Å². The van der Waals surface area contributed by atoms with Gasteiger partial charge in [-0.1, -0.05) is 6.92 Å². The van der Waals surface area contributed by atoms with Crippen LogP contribution in [0.2, 0.25) is 0 Å². The summed E-state index contributed by atoms with van der Waals surface area (Å²) in [7, 11) is -3.28. The molecule has 1 aliphatic carbocycles. The smallest absolute Gasteiger partial charge is 0.205 e. The molecule has 232 valence electrons. The fraction of sp³-hybridized carbons (Fsp3) is 0.419. The summed E-state index contributed by atoms with van der Waals surface area (Å²) < 4.78 is 60.0. The number of sulfone groups is 1. The van der Waals surface area contributed by atoms with Crippen LogP contribution < -0.4 is 11.1 Å². The summed E-state index contributed by atoms with van der Waals surface area (Å²) in [5.74, 6) is -1.54. The first kappa shape index (κ1) is 31.4. The highest BCUT2D eigenvalue weighted by Gasteiger charge is 2.40. The van der Waals surface area contributed by atoms with Crippen LogP contribution in [0, 0.1) is 34.3 Å². The van der Waals surface area contributed by atoms with Crippen molar-refractivity contribution in [3.05, 3.63) is 76.9 Å². The van der Waals surface area contributed by atoms with E-state index in [2.05, 4.69) is 26.3 Å². The lowest BCUT2D eigenvalue weighted by atomic mass is 9.75. The number of H-pyrrole nitrogens is 1.